The lowest BCUT2D eigenvalue weighted by atomic mass is 9.86. The number of amides is 1. The summed E-state index contributed by atoms with van der Waals surface area (Å²) in [5, 5.41) is 12.8. The lowest BCUT2D eigenvalue weighted by Crippen LogP contribution is -2.38. The molecule has 0 radical (unpaired) electrons. The molecule has 1 aromatic carbocycles. The van der Waals surface area contributed by atoms with Gasteiger partial charge in [-0.05, 0) is 43.9 Å². The smallest absolute Gasteiger partial charge is 0.306 e. The Hall–Kier alpha value is -2.61. The van der Waals surface area contributed by atoms with Gasteiger partial charge in [-0.25, -0.2) is 4.98 Å². The van der Waals surface area contributed by atoms with E-state index in [4.69, 9.17) is 14.6 Å². The largest absolute Gasteiger partial charge is 0.481 e. The number of nitrogens with one attached hydrogen (secondary N) is 1. The Morgan fingerprint density at radius 2 is 1.92 bits per heavy atom. The van der Waals surface area contributed by atoms with Crippen molar-refractivity contribution < 1.29 is 24.2 Å². The van der Waals surface area contributed by atoms with E-state index in [1.54, 1.807) is 6.20 Å². The zero-order valence-electron chi connectivity index (χ0n) is 13.9. The van der Waals surface area contributed by atoms with Crippen molar-refractivity contribution in [3.63, 3.8) is 0 Å². The molecule has 7 nitrogen and oxygen atoms in total. The van der Waals surface area contributed by atoms with Crippen molar-refractivity contribution in [3.8, 4) is 22.1 Å². The highest BCUT2D eigenvalue weighted by atomic mass is 32.1. The third-order valence-electron chi connectivity index (χ3n) is 4.76. The number of carbonyl (C=O) groups is 2. The molecule has 0 atom stereocenters. The van der Waals surface area contributed by atoms with Gasteiger partial charge in [-0.2, -0.15) is 0 Å². The Morgan fingerprint density at radius 1 is 1.15 bits per heavy atom. The van der Waals surface area contributed by atoms with Crippen LogP contribution in [0.15, 0.2) is 24.4 Å². The summed E-state index contributed by atoms with van der Waals surface area (Å²) >= 11 is 1.32. The zero-order valence-corrected chi connectivity index (χ0v) is 14.8. The minimum absolute atomic E-state index is 0.0224. The van der Waals surface area contributed by atoms with E-state index in [1.807, 2.05) is 18.2 Å². The lowest BCUT2D eigenvalue weighted by Gasteiger charge is -2.26. The highest BCUT2D eigenvalue weighted by Crippen LogP contribution is 2.37. The van der Waals surface area contributed by atoms with E-state index in [1.165, 1.54) is 11.3 Å². The first-order chi connectivity index (χ1) is 12.6. The Labute approximate surface area is 154 Å². The number of ether oxygens (including phenoxy) is 2. The van der Waals surface area contributed by atoms with E-state index in [0.717, 1.165) is 10.6 Å². The molecule has 1 aliphatic heterocycles. The number of carboxylic acids is 1. The zero-order chi connectivity index (χ0) is 18.1. The summed E-state index contributed by atoms with van der Waals surface area (Å²) in [6.07, 6.45) is 4.16. The number of carbonyl (C=O) groups excluding carboxylic acids is 1. The fourth-order valence-corrected chi connectivity index (χ4v) is 4.10. The minimum Gasteiger partial charge on any atom is -0.481 e. The van der Waals surface area contributed by atoms with Crippen LogP contribution in [0.1, 0.15) is 35.4 Å². The fraction of sp³-hybridized carbons (Fsp3) is 0.389. The Balaban J connectivity index is 1.40. The maximum atomic E-state index is 12.5. The normalized spacial score (nSPS) is 21.4. The van der Waals surface area contributed by atoms with Crippen molar-refractivity contribution >= 4 is 23.2 Å². The monoisotopic (exact) mass is 374 g/mol. The molecule has 0 saturated heterocycles. The van der Waals surface area contributed by atoms with Gasteiger partial charge in [0.05, 0.1) is 12.1 Å². The molecule has 0 bridgehead atoms. The van der Waals surface area contributed by atoms with Crippen LogP contribution in [0.25, 0.3) is 10.6 Å². The number of rotatable bonds is 4. The summed E-state index contributed by atoms with van der Waals surface area (Å²) in [6, 6.07) is 5.60. The van der Waals surface area contributed by atoms with Crippen LogP contribution in [0.2, 0.25) is 0 Å². The number of aliphatic carboxylic acids is 1. The van der Waals surface area contributed by atoms with Crippen LogP contribution in [0.5, 0.6) is 11.5 Å². The molecule has 136 valence electrons. The molecule has 0 unspecified atom stereocenters. The molecule has 1 aliphatic carbocycles. The van der Waals surface area contributed by atoms with Crippen LogP contribution in [-0.4, -0.2) is 34.8 Å². The summed E-state index contributed by atoms with van der Waals surface area (Å²) in [4.78, 5) is 28.3. The lowest BCUT2D eigenvalue weighted by molar-refractivity contribution is -0.142. The summed E-state index contributed by atoms with van der Waals surface area (Å²) in [5.74, 6) is 0.196. The van der Waals surface area contributed by atoms with Gasteiger partial charge in [0.15, 0.2) is 11.5 Å². The standard InChI is InChI=1S/C18H18N2O5S/c21-16(20-12-4-1-10(2-5-12)18(22)23)15-8-19-17(26-15)11-3-6-13-14(7-11)25-9-24-13/h3,6-8,10,12H,1-2,4-5,9H2,(H,20,21)(H,22,23). The summed E-state index contributed by atoms with van der Waals surface area (Å²) in [7, 11) is 0. The van der Waals surface area contributed by atoms with Crippen LogP contribution >= 0.6 is 11.3 Å². The van der Waals surface area contributed by atoms with Crippen molar-refractivity contribution in [2.24, 2.45) is 5.92 Å². The molecule has 4 rings (SSSR count). The van der Waals surface area contributed by atoms with Gasteiger partial charge in [0.1, 0.15) is 9.88 Å². The van der Waals surface area contributed by atoms with E-state index in [9.17, 15) is 9.59 Å². The molecule has 8 heteroatoms. The topological polar surface area (TPSA) is 97.8 Å². The van der Waals surface area contributed by atoms with Gasteiger partial charge in [0, 0.05) is 11.6 Å². The van der Waals surface area contributed by atoms with Crippen LogP contribution in [0.4, 0.5) is 0 Å². The second-order valence-corrected chi connectivity index (χ2v) is 7.49. The van der Waals surface area contributed by atoms with E-state index in [-0.39, 0.29) is 24.7 Å². The highest BCUT2D eigenvalue weighted by Gasteiger charge is 2.27. The van der Waals surface area contributed by atoms with E-state index < -0.39 is 5.97 Å². The number of nitrogens with zero attached hydrogens (tertiary/aromatic N) is 1. The first-order valence-corrected chi connectivity index (χ1v) is 9.31. The highest BCUT2D eigenvalue weighted by molar-refractivity contribution is 7.16. The molecule has 1 fully saturated rings. The molecule has 2 N–H and O–H groups in total. The molecule has 1 aromatic heterocycles. The van der Waals surface area contributed by atoms with Gasteiger partial charge in [-0.15, -0.1) is 11.3 Å². The molecular weight excluding hydrogens is 356 g/mol. The molecular formula is C18H18N2O5S. The second kappa shape index (κ2) is 6.95. The average molecular weight is 374 g/mol. The molecule has 2 aliphatic rings. The van der Waals surface area contributed by atoms with Gasteiger partial charge >= 0.3 is 5.97 Å². The van der Waals surface area contributed by atoms with Crippen molar-refractivity contribution in [1.82, 2.24) is 10.3 Å². The predicted molar refractivity (Wildman–Crippen MR) is 94.5 cm³/mol. The van der Waals surface area contributed by atoms with Crippen molar-refractivity contribution in [2.75, 3.05) is 6.79 Å². The molecule has 1 amide bonds. The molecule has 2 aromatic rings. The maximum absolute atomic E-state index is 12.5. The van der Waals surface area contributed by atoms with Crippen molar-refractivity contribution in [3.05, 3.63) is 29.3 Å². The summed E-state index contributed by atoms with van der Waals surface area (Å²) in [5.41, 5.74) is 0.875. The third-order valence-corrected chi connectivity index (χ3v) is 5.81. The van der Waals surface area contributed by atoms with Crippen LogP contribution in [-0.2, 0) is 4.79 Å². The Morgan fingerprint density at radius 3 is 2.69 bits per heavy atom. The number of aromatic nitrogens is 1. The fourth-order valence-electron chi connectivity index (χ4n) is 3.28. The summed E-state index contributed by atoms with van der Waals surface area (Å²) < 4.78 is 10.7. The van der Waals surface area contributed by atoms with Gasteiger partial charge in [-0.3, -0.25) is 9.59 Å². The average Bonchev–Trinajstić information content (AvgIpc) is 3.31. The SMILES string of the molecule is O=C(NC1CCC(C(=O)O)CC1)c1cnc(-c2ccc3c(c2)OCO3)s1. The molecule has 1 saturated carbocycles. The first kappa shape index (κ1) is 16.8. The number of fused-ring (bicyclic) bond motifs is 1. The number of thiazole rings is 1. The van der Waals surface area contributed by atoms with E-state index >= 15 is 0 Å². The Kier molecular flexibility index (Phi) is 4.50. The van der Waals surface area contributed by atoms with Crippen LogP contribution < -0.4 is 14.8 Å². The van der Waals surface area contributed by atoms with Gasteiger partial charge < -0.3 is 19.9 Å². The van der Waals surface area contributed by atoms with Gasteiger partial charge in [0.25, 0.3) is 5.91 Å². The number of carboxylic acid groups (broad SMARTS) is 1. The number of hydrogen-bond acceptors (Lipinski definition) is 6. The molecule has 2 heterocycles. The molecule has 26 heavy (non-hydrogen) atoms. The first-order valence-electron chi connectivity index (χ1n) is 8.49. The van der Waals surface area contributed by atoms with E-state index in [2.05, 4.69) is 10.3 Å². The summed E-state index contributed by atoms with van der Waals surface area (Å²) in [6.45, 7) is 0.217. The minimum atomic E-state index is -0.745. The van der Waals surface area contributed by atoms with Crippen molar-refractivity contribution in [1.29, 1.82) is 0 Å². The van der Waals surface area contributed by atoms with Gasteiger partial charge in [0.2, 0.25) is 6.79 Å². The van der Waals surface area contributed by atoms with Gasteiger partial charge in [-0.1, -0.05) is 0 Å². The molecule has 0 spiro atoms. The van der Waals surface area contributed by atoms with Crippen molar-refractivity contribution in [2.45, 2.75) is 31.7 Å². The number of benzene rings is 1. The van der Waals surface area contributed by atoms with Crippen LogP contribution in [0.3, 0.4) is 0 Å². The number of hydrogen-bond donors (Lipinski definition) is 2. The predicted octanol–water partition coefficient (Wildman–Crippen LogP) is 2.91. The Bertz CT molecular complexity index is 842. The van der Waals surface area contributed by atoms with E-state index in [0.29, 0.717) is 42.1 Å². The maximum Gasteiger partial charge on any atom is 0.306 e. The third kappa shape index (κ3) is 3.37. The van der Waals surface area contributed by atoms with Crippen LogP contribution in [0, 0.1) is 5.92 Å². The quantitative estimate of drug-likeness (QED) is 0.854. The second-order valence-electron chi connectivity index (χ2n) is 6.46.